The van der Waals surface area contributed by atoms with Crippen molar-refractivity contribution in [1.29, 1.82) is 0 Å². The number of piperidine rings is 2. The Bertz CT molecular complexity index is 919. The third-order valence-electron chi connectivity index (χ3n) is 6.53. The first-order valence-electron chi connectivity index (χ1n) is 11.4. The van der Waals surface area contributed by atoms with Gasteiger partial charge in [-0.25, -0.2) is 4.98 Å². The maximum absolute atomic E-state index is 13.2. The molecule has 8 heteroatoms. The van der Waals surface area contributed by atoms with Gasteiger partial charge in [0, 0.05) is 55.6 Å². The molecule has 2 aromatic rings. The summed E-state index contributed by atoms with van der Waals surface area (Å²) in [7, 11) is 1.57. The lowest BCUT2D eigenvalue weighted by Crippen LogP contribution is -2.46. The summed E-state index contributed by atoms with van der Waals surface area (Å²) in [5, 5.41) is 4.28. The van der Waals surface area contributed by atoms with Crippen molar-refractivity contribution in [2.75, 3.05) is 39.0 Å². The Hall–Kier alpha value is -3.00. The second-order valence-electron chi connectivity index (χ2n) is 8.64. The molecule has 0 radical (unpaired) electrons. The molecule has 4 heterocycles. The molecule has 2 aromatic heterocycles. The monoisotopic (exact) mass is 436 g/mol. The summed E-state index contributed by atoms with van der Waals surface area (Å²) in [6, 6.07) is 7.85. The van der Waals surface area contributed by atoms with Gasteiger partial charge >= 0.3 is 0 Å². The van der Waals surface area contributed by atoms with E-state index in [2.05, 4.69) is 20.0 Å². The van der Waals surface area contributed by atoms with Crippen LogP contribution in [0.2, 0.25) is 0 Å². The number of hydrogen-bond donors (Lipinski definition) is 1. The van der Waals surface area contributed by atoms with E-state index in [9.17, 15) is 4.79 Å². The van der Waals surface area contributed by atoms with E-state index < -0.39 is 0 Å². The second-order valence-corrected chi connectivity index (χ2v) is 8.64. The Kier molecular flexibility index (Phi) is 7.32. The Morgan fingerprint density at radius 2 is 1.88 bits per heavy atom. The Morgan fingerprint density at radius 3 is 2.53 bits per heavy atom. The number of carbonyl (C=O) groups excluding carboxylic acids is 1. The number of aromatic nitrogens is 2. The number of pyridine rings is 2. The van der Waals surface area contributed by atoms with Crippen LogP contribution in [0, 0.1) is 11.8 Å². The molecule has 0 spiro atoms. The van der Waals surface area contributed by atoms with Crippen molar-refractivity contribution in [2.24, 2.45) is 17.0 Å². The summed E-state index contributed by atoms with van der Waals surface area (Å²) in [4.78, 5) is 31.0. The van der Waals surface area contributed by atoms with Gasteiger partial charge in [-0.15, -0.1) is 0 Å². The smallest absolute Gasteiger partial charge is 0.225 e. The minimum Gasteiger partial charge on any atom is -0.399 e. The fourth-order valence-corrected chi connectivity index (χ4v) is 4.80. The van der Waals surface area contributed by atoms with Gasteiger partial charge in [-0.1, -0.05) is 5.16 Å². The molecule has 0 aliphatic carbocycles. The Morgan fingerprint density at radius 1 is 1.12 bits per heavy atom. The van der Waals surface area contributed by atoms with Crippen molar-refractivity contribution >= 4 is 17.4 Å². The Labute approximate surface area is 189 Å². The third-order valence-corrected chi connectivity index (χ3v) is 6.53. The molecule has 0 unspecified atom stereocenters. The van der Waals surface area contributed by atoms with Gasteiger partial charge in [0.1, 0.15) is 12.9 Å². The largest absolute Gasteiger partial charge is 0.399 e. The van der Waals surface area contributed by atoms with Gasteiger partial charge in [-0.2, -0.15) is 0 Å². The molecule has 2 aliphatic heterocycles. The predicted octanol–water partition coefficient (Wildman–Crippen LogP) is 2.56. The summed E-state index contributed by atoms with van der Waals surface area (Å²) >= 11 is 0. The molecule has 2 aliphatic rings. The highest BCUT2D eigenvalue weighted by atomic mass is 16.6. The fourth-order valence-electron chi connectivity index (χ4n) is 4.80. The van der Waals surface area contributed by atoms with Crippen molar-refractivity contribution in [1.82, 2.24) is 19.8 Å². The SMILES string of the molecule is CO/N=C(/c1cccnc1)C1CCN(C(=O)C2CCN(Cc3ccnc(N)c3)CC2)CC1. The zero-order chi connectivity index (χ0) is 22.3. The van der Waals surface area contributed by atoms with Gasteiger partial charge in [0.2, 0.25) is 5.91 Å². The van der Waals surface area contributed by atoms with Crippen LogP contribution in [0.5, 0.6) is 0 Å². The lowest BCUT2D eigenvalue weighted by Gasteiger charge is -2.37. The lowest BCUT2D eigenvalue weighted by atomic mass is 9.87. The molecule has 1 amide bonds. The van der Waals surface area contributed by atoms with Crippen LogP contribution in [0.15, 0.2) is 48.0 Å². The molecular weight excluding hydrogens is 404 g/mol. The van der Waals surface area contributed by atoms with E-state index in [0.29, 0.717) is 11.7 Å². The number of nitrogens with zero attached hydrogens (tertiary/aromatic N) is 5. The molecule has 0 aromatic carbocycles. The molecule has 4 rings (SSSR count). The van der Waals surface area contributed by atoms with E-state index in [1.807, 2.05) is 35.4 Å². The quantitative estimate of drug-likeness (QED) is 0.552. The highest BCUT2D eigenvalue weighted by molar-refractivity contribution is 6.01. The minimum atomic E-state index is 0.121. The second kappa shape index (κ2) is 10.5. The van der Waals surface area contributed by atoms with Crippen LogP contribution in [0.4, 0.5) is 5.82 Å². The van der Waals surface area contributed by atoms with Gasteiger partial charge in [-0.05, 0) is 68.6 Å². The van der Waals surface area contributed by atoms with Crippen LogP contribution in [-0.2, 0) is 16.2 Å². The van der Waals surface area contributed by atoms with Gasteiger partial charge in [0.15, 0.2) is 0 Å². The highest BCUT2D eigenvalue weighted by Crippen LogP contribution is 2.27. The average molecular weight is 437 g/mol. The van der Waals surface area contributed by atoms with Gasteiger partial charge < -0.3 is 15.5 Å². The van der Waals surface area contributed by atoms with E-state index in [1.165, 1.54) is 5.56 Å². The Balaban J connectivity index is 1.27. The van der Waals surface area contributed by atoms with Crippen LogP contribution in [0.3, 0.4) is 0 Å². The van der Waals surface area contributed by atoms with Crippen LogP contribution in [0.1, 0.15) is 36.8 Å². The van der Waals surface area contributed by atoms with Crippen molar-refractivity contribution in [3.8, 4) is 0 Å². The number of anilines is 1. The number of likely N-dealkylation sites (tertiary alicyclic amines) is 2. The fraction of sp³-hybridized carbons (Fsp3) is 0.500. The summed E-state index contributed by atoms with van der Waals surface area (Å²) in [5.41, 5.74) is 8.88. The topological polar surface area (TPSA) is 96.9 Å². The number of oxime groups is 1. The first-order chi connectivity index (χ1) is 15.6. The van der Waals surface area contributed by atoms with Crippen LogP contribution in [0.25, 0.3) is 0 Å². The van der Waals surface area contributed by atoms with Gasteiger partial charge in [0.25, 0.3) is 0 Å². The minimum absolute atomic E-state index is 0.121. The van der Waals surface area contributed by atoms with E-state index in [4.69, 9.17) is 10.6 Å². The molecule has 0 bridgehead atoms. The molecule has 2 fully saturated rings. The summed E-state index contributed by atoms with van der Waals surface area (Å²) in [6.45, 7) is 4.25. The zero-order valence-corrected chi connectivity index (χ0v) is 18.7. The number of amides is 1. The number of carbonyl (C=O) groups is 1. The molecule has 32 heavy (non-hydrogen) atoms. The number of nitrogen functional groups attached to an aromatic ring is 1. The normalized spacial score (nSPS) is 19.2. The highest BCUT2D eigenvalue weighted by Gasteiger charge is 2.32. The third kappa shape index (κ3) is 5.43. The number of hydrogen-bond acceptors (Lipinski definition) is 7. The summed E-state index contributed by atoms with van der Waals surface area (Å²) < 4.78 is 0. The average Bonchev–Trinajstić information content (AvgIpc) is 2.83. The first-order valence-corrected chi connectivity index (χ1v) is 11.4. The zero-order valence-electron chi connectivity index (χ0n) is 18.7. The van der Waals surface area contributed by atoms with Crippen LogP contribution >= 0.6 is 0 Å². The van der Waals surface area contributed by atoms with Crippen molar-refractivity contribution in [2.45, 2.75) is 32.2 Å². The van der Waals surface area contributed by atoms with Crippen LogP contribution < -0.4 is 5.73 Å². The molecule has 170 valence electrons. The first kappa shape index (κ1) is 22.2. The maximum Gasteiger partial charge on any atom is 0.225 e. The lowest BCUT2D eigenvalue weighted by molar-refractivity contribution is -0.138. The van der Waals surface area contributed by atoms with Crippen LogP contribution in [-0.4, -0.2) is 64.7 Å². The maximum atomic E-state index is 13.2. The molecule has 8 nitrogen and oxygen atoms in total. The van der Waals surface area contributed by atoms with Crippen molar-refractivity contribution in [3.05, 3.63) is 54.0 Å². The summed E-state index contributed by atoms with van der Waals surface area (Å²) in [6.07, 6.45) is 8.94. The predicted molar refractivity (Wildman–Crippen MR) is 124 cm³/mol. The van der Waals surface area contributed by atoms with Crippen molar-refractivity contribution < 1.29 is 9.63 Å². The van der Waals surface area contributed by atoms with Gasteiger partial charge in [0.05, 0.1) is 5.71 Å². The molecule has 2 N–H and O–H groups in total. The summed E-state index contributed by atoms with van der Waals surface area (Å²) in [5.74, 6) is 1.26. The van der Waals surface area contributed by atoms with E-state index in [1.54, 1.807) is 19.5 Å². The molecular formula is C24H32N6O2. The molecule has 0 saturated carbocycles. The molecule has 2 saturated heterocycles. The number of rotatable bonds is 6. The standard InChI is InChI=1S/C24H32N6O2/c1-32-28-23(21-3-2-9-26-16-21)19-7-13-30(14-8-19)24(31)20-5-11-29(12-6-20)17-18-4-10-27-22(25)15-18/h2-4,9-10,15-16,19-20H,5-8,11-14,17H2,1H3,(H2,25,27)/b28-23+. The van der Waals surface area contributed by atoms with Crippen molar-refractivity contribution in [3.63, 3.8) is 0 Å². The van der Waals surface area contributed by atoms with Gasteiger partial charge in [-0.3, -0.25) is 14.7 Å². The van der Waals surface area contributed by atoms with E-state index >= 15 is 0 Å². The molecule has 0 atom stereocenters. The van der Waals surface area contributed by atoms with E-state index in [0.717, 1.165) is 69.7 Å². The number of nitrogens with two attached hydrogens (primary N) is 1. The van der Waals surface area contributed by atoms with E-state index in [-0.39, 0.29) is 11.8 Å².